The van der Waals surface area contributed by atoms with Crippen LogP contribution in [0.1, 0.15) is 36.0 Å². The van der Waals surface area contributed by atoms with Crippen molar-refractivity contribution in [1.82, 2.24) is 9.62 Å². The normalized spacial score (nSPS) is 15.5. The molecule has 0 unspecified atom stereocenters. The average Bonchev–Trinajstić information content (AvgIpc) is 2.80. The predicted octanol–water partition coefficient (Wildman–Crippen LogP) is 4.02. The number of carbonyl (C=O) groups is 1. The molecule has 174 valence electrons. The van der Waals surface area contributed by atoms with E-state index in [1.807, 2.05) is 42.1 Å². The lowest BCUT2D eigenvalue weighted by molar-refractivity contribution is -0.125. The second kappa shape index (κ2) is 12.4. The van der Waals surface area contributed by atoms with Gasteiger partial charge in [0.15, 0.2) is 0 Å². The van der Waals surface area contributed by atoms with Gasteiger partial charge in [-0.05, 0) is 43.7 Å². The molecule has 1 aliphatic heterocycles. The summed E-state index contributed by atoms with van der Waals surface area (Å²) in [5.41, 5.74) is 3.72. The summed E-state index contributed by atoms with van der Waals surface area (Å²) in [4.78, 5) is 12.5. The van der Waals surface area contributed by atoms with Gasteiger partial charge in [0.1, 0.15) is 0 Å². The molecule has 0 saturated carbocycles. The first-order valence-electron chi connectivity index (χ1n) is 11.4. The molecule has 0 aromatic heterocycles. The van der Waals surface area contributed by atoms with Gasteiger partial charge >= 0.3 is 0 Å². The van der Waals surface area contributed by atoms with Crippen LogP contribution in [0.2, 0.25) is 0 Å². The third kappa shape index (κ3) is 7.94. The number of hydrogen-bond donors (Lipinski definition) is 1. The zero-order chi connectivity index (χ0) is 22.8. The average molecular weight is 475 g/mol. The van der Waals surface area contributed by atoms with Gasteiger partial charge in [0.25, 0.3) is 0 Å². The SMILES string of the molecule is Cc1ccc(CSCCNC(=O)C2CCN(S(=O)(=O)CCCc3ccccc3)CC2)cc1. The predicted molar refractivity (Wildman–Crippen MR) is 133 cm³/mol. The fraction of sp³-hybridized carbons (Fsp3) is 0.480. The van der Waals surface area contributed by atoms with Gasteiger partial charge in [0.2, 0.25) is 15.9 Å². The van der Waals surface area contributed by atoms with Gasteiger partial charge in [-0.1, -0.05) is 60.2 Å². The fourth-order valence-electron chi connectivity index (χ4n) is 3.89. The Morgan fingerprint density at radius 3 is 2.41 bits per heavy atom. The topological polar surface area (TPSA) is 66.5 Å². The Balaban J connectivity index is 1.30. The summed E-state index contributed by atoms with van der Waals surface area (Å²) < 4.78 is 26.9. The van der Waals surface area contributed by atoms with Crippen molar-refractivity contribution in [3.8, 4) is 0 Å². The van der Waals surface area contributed by atoms with Gasteiger partial charge in [-0.3, -0.25) is 4.79 Å². The molecule has 1 fully saturated rings. The molecule has 7 heteroatoms. The minimum absolute atomic E-state index is 0.0575. The maximum atomic E-state index is 12.7. The fourth-order valence-corrected chi connectivity index (χ4v) is 6.25. The van der Waals surface area contributed by atoms with Crippen LogP contribution in [0.15, 0.2) is 54.6 Å². The van der Waals surface area contributed by atoms with Crippen LogP contribution >= 0.6 is 11.8 Å². The molecule has 2 aromatic carbocycles. The van der Waals surface area contributed by atoms with E-state index in [2.05, 4.69) is 36.5 Å². The van der Waals surface area contributed by atoms with Crippen LogP contribution < -0.4 is 5.32 Å². The molecule has 1 aliphatic rings. The van der Waals surface area contributed by atoms with Crippen molar-refractivity contribution in [1.29, 1.82) is 0 Å². The summed E-state index contributed by atoms with van der Waals surface area (Å²) >= 11 is 1.81. The molecule has 0 spiro atoms. The number of aryl methyl sites for hydroxylation is 2. The highest BCUT2D eigenvalue weighted by molar-refractivity contribution is 7.98. The quantitative estimate of drug-likeness (QED) is 0.500. The Morgan fingerprint density at radius 1 is 1.03 bits per heavy atom. The third-order valence-electron chi connectivity index (χ3n) is 5.86. The van der Waals surface area contributed by atoms with Crippen molar-refractivity contribution in [2.45, 2.75) is 38.4 Å². The minimum Gasteiger partial charge on any atom is -0.355 e. The van der Waals surface area contributed by atoms with Crippen LogP contribution in [0, 0.1) is 12.8 Å². The maximum Gasteiger partial charge on any atom is 0.223 e. The third-order valence-corrected chi connectivity index (χ3v) is 8.85. The van der Waals surface area contributed by atoms with Crippen LogP contribution in [0.25, 0.3) is 0 Å². The highest BCUT2D eigenvalue weighted by atomic mass is 32.2. The van der Waals surface area contributed by atoms with Crippen molar-refractivity contribution in [3.63, 3.8) is 0 Å². The molecule has 1 N–H and O–H groups in total. The van der Waals surface area contributed by atoms with E-state index in [9.17, 15) is 13.2 Å². The summed E-state index contributed by atoms with van der Waals surface area (Å²) in [7, 11) is -3.26. The second-order valence-electron chi connectivity index (χ2n) is 8.41. The van der Waals surface area contributed by atoms with Crippen LogP contribution in [-0.2, 0) is 27.0 Å². The van der Waals surface area contributed by atoms with Crippen LogP contribution in [0.5, 0.6) is 0 Å². The summed E-state index contributed by atoms with van der Waals surface area (Å²) in [6.45, 7) is 3.60. The number of hydrogen-bond acceptors (Lipinski definition) is 4. The first kappa shape index (κ1) is 24.8. The molecule has 32 heavy (non-hydrogen) atoms. The first-order valence-corrected chi connectivity index (χ1v) is 14.1. The monoisotopic (exact) mass is 474 g/mol. The largest absolute Gasteiger partial charge is 0.355 e. The summed E-state index contributed by atoms with van der Waals surface area (Å²) in [6.07, 6.45) is 2.58. The Kier molecular flexibility index (Phi) is 9.63. The smallest absolute Gasteiger partial charge is 0.223 e. The minimum atomic E-state index is -3.26. The van der Waals surface area contributed by atoms with E-state index >= 15 is 0 Å². The Morgan fingerprint density at radius 2 is 1.72 bits per heavy atom. The number of piperidine rings is 1. The first-order chi connectivity index (χ1) is 15.4. The zero-order valence-electron chi connectivity index (χ0n) is 18.8. The van der Waals surface area contributed by atoms with E-state index in [0.717, 1.165) is 23.5 Å². The molecule has 3 rings (SSSR count). The molecule has 0 bridgehead atoms. The molecule has 2 aromatic rings. The standard InChI is InChI=1S/C25H34N2O3S2/c1-21-9-11-23(12-10-21)20-31-18-15-26-25(28)24-13-16-27(17-14-24)32(29,30)19-5-8-22-6-3-2-4-7-22/h2-4,6-7,9-12,24H,5,8,13-20H2,1H3,(H,26,28). The van der Waals surface area contributed by atoms with E-state index in [1.54, 1.807) is 4.31 Å². The maximum absolute atomic E-state index is 12.7. The number of nitrogens with one attached hydrogen (secondary N) is 1. The second-order valence-corrected chi connectivity index (χ2v) is 11.6. The molecular weight excluding hydrogens is 440 g/mol. The number of rotatable bonds is 11. The van der Waals surface area contributed by atoms with Crippen molar-refractivity contribution >= 4 is 27.7 Å². The van der Waals surface area contributed by atoms with E-state index < -0.39 is 10.0 Å². The van der Waals surface area contributed by atoms with Gasteiger partial charge in [0.05, 0.1) is 5.75 Å². The number of carbonyl (C=O) groups excluding carboxylic acids is 1. The molecule has 0 aliphatic carbocycles. The number of thioether (sulfide) groups is 1. The summed E-state index contributed by atoms with van der Waals surface area (Å²) in [5, 5.41) is 3.03. The van der Waals surface area contributed by atoms with Crippen LogP contribution in [0.3, 0.4) is 0 Å². The molecular formula is C25H34N2O3S2. The highest BCUT2D eigenvalue weighted by Gasteiger charge is 2.30. The molecule has 0 atom stereocenters. The van der Waals surface area contributed by atoms with Gasteiger partial charge < -0.3 is 5.32 Å². The summed E-state index contributed by atoms with van der Waals surface area (Å²) in [5.74, 6) is 1.94. The van der Waals surface area contributed by atoms with Crippen molar-refractivity contribution in [3.05, 3.63) is 71.3 Å². The molecule has 5 nitrogen and oxygen atoms in total. The molecule has 1 amide bonds. The van der Waals surface area contributed by atoms with Crippen molar-refractivity contribution < 1.29 is 13.2 Å². The van der Waals surface area contributed by atoms with Gasteiger partial charge in [-0.2, -0.15) is 11.8 Å². The number of sulfonamides is 1. The van der Waals surface area contributed by atoms with Crippen LogP contribution in [0.4, 0.5) is 0 Å². The van der Waals surface area contributed by atoms with E-state index in [1.165, 1.54) is 11.1 Å². The number of benzene rings is 2. The van der Waals surface area contributed by atoms with Gasteiger partial charge in [0, 0.05) is 37.1 Å². The van der Waals surface area contributed by atoms with E-state index in [4.69, 9.17) is 0 Å². The lowest BCUT2D eigenvalue weighted by Gasteiger charge is -2.30. The molecule has 0 radical (unpaired) electrons. The Bertz CT molecular complexity index is 939. The lowest BCUT2D eigenvalue weighted by atomic mass is 9.97. The highest BCUT2D eigenvalue weighted by Crippen LogP contribution is 2.21. The molecule has 1 heterocycles. The number of amides is 1. The van der Waals surface area contributed by atoms with E-state index in [-0.39, 0.29) is 17.6 Å². The molecule has 1 saturated heterocycles. The zero-order valence-corrected chi connectivity index (χ0v) is 20.5. The van der Waals surface area contributed by atoms with Gasteiger partial charge in [-0.15, -0.1) is 0 Å². The van der Waals surface area contributed by atoms with E-state index in [0.29, 0.717) is 38.9 Å². The van der Waals surface area contributed by atoms with Crippen molar-refractivity contribution in [2.24, 2.45) is 5.92 Å². The van der Waals surface area contributed by atoms with Crippen molar-refractivity contribution in [2.75, 3.05) is 31.1 Å². The number of nitrogens with zero attached hydrogens (tertiary/aromatic N) is 1. The Hall–Kier alpha value is -1.83. The Labute approximate surface area is 197 Å². The lowest BCUT2D eigenvalue weighted by Crippen LogP contribution is -2.44. The van der Waals surface area contributed by atoms with Crippen LogP contribution in [-0.4, -0.2) is 49.8 Å². The summed E-state index contributed by atoms with van der Waals surface area (Å²) in [6, 6.07) is 18.5. The van der Waals surface area contributed by atoms with Gasteiger partial charge in [-0.25, -0.2) is 12.7 Å².